The van der Waals surface area contributed by atoms with Crippen LogP contribution in [-0.2, 0) is 24.6 Å². The number of nitrogens with one attached hydrogen (secondary N) is 1. The maximum absolute atomic E-state index is 13.3. The second-order valence-corrected chi connectivity index (χ2v) is 12.4. The highest BCUT2D eigenvalue weighted by Crippen LogP contribution is 2.47. The summed E-state index contributed by atoms with van der Waals surface area (Å²) < 4.78 is 67.3. The van der Waals surface area contributed by atoms with Crippen molar-refractivity contribution >= 4 is 32.9 Å². The van der Waals surface area contributed by atoms with Gasteiger partial charge < -0.3 is 4.89 Å². The van der Waals surface area contributed by atoms with Crippen LogP contribution < -0.4 is 10.0 Å². The van der Waals surface area contributed by atoms with E-state index in [2.05, 4.69) is 4.72 Å². The normalized spacial score (nSPS) is 14.3. The summed E-state index contributed by atoms with van der Waals surface area (Å²) in [6.45, 7) is -0.952. The van der Waals surface area contributed by atoms with E-state index in [0.717, 1.165) is 0 Å². The molecule has 0 saturated carbocycles. The van der Waals surface area contributed by atoms with E-state index in [9.17, 15) is 26.3 Å². The summed E-state index contributed by atoms with van der Waals surface area (Å²) in [5.41, 5.74) is 0. The van der Waals surface area contributed by atoms with Gasteiger partial charge in [-0.2, -0.15) is 0 Å². The predicted molar refractivity (Wildman–Crippen MR) is 118 cm³/mol. The third-order valence-electron chi connectivity index (χ3n) is 4.36. The number of hydrogen-bond acceptors (Lipinski definition) is 5. The van der Waals surface area contributed by atoms with Crippen molar-refractivity contribution in [3.63, 3.8) is 0 Å². The van der Waals surface area contributed by atoms with Crippen molar-refractivity contribution in [2.45, 2.75) is 9.79 Å². The van der Waals surface area contributed by atoms with E-state index in [0.29, 0.717) is 4.08 Å². The average Bonchev–Trinajstić information content (AvgIpc) is 2.78. The first-order chi connectivity index (χ1) is 14.7. The average molecular weight is 481 g/mol. The lowest BCUT2D eigenvalue weighted by atomic mass is 10.4. The summed E-state index contributed by atoms with van der Waals surface area (Å²) in [4.78, 5) is 10.6. The zero-order chi connectivity index (χ0) is 22.5. The molecule has 3 aromatic rings. The molecule has 0 aliphatic rings. The Labute approximate surface area is 181 Å². The zero-order valence-electron chi connectivity index (χ0n) is 16.3. The standard InChI is InChI=1S/C20H21N2O6PS2/c23-29(24,18-10-4-1-5-11-18)22(31(27,28)20-14-8-3-9-15-20)17-16-21-30(25,26)19-12-6-2-7-13-19/h1-15,21H,16-17H2,(H,23,24). The Hall–Kier alpha value is -2.33. The largest absolute Gasteiger partial charge is 0.329 e. The van der Waals surface area contributed by atoms with Gasteiger partial charge in [0.05, 0.1) is 15.1 Å². The predicted octanol–water partition coefficient (Wildman–Crippen LogP) is 2.17. The fraction of sp³-hybridized carbons (Fsp3) is 0.100. The first-order valence-electron chi connectivity index (χ1n) is 9.17. The fourth-order valence-corrected chi connectivity index (χ4v) is 7.86. The van der Waals surface area contributed by atoms with Gasteiger partial charge in [0.1, 0.15) is 0 Å². The minimum atomic E-state index is -4.59. The Bertz CT molecular complexity index is 1270. The van der Waals surface area contributed by atoms with Crippen LogP contribution in [0.3, 0.4) is 0 Å². The van der Waals surface area contributed by atoms with E-state index in [1.807, 2.05) is 0 Å². The molecule has 1 atom stereocenters. The molecule has 11 heteroatoms. The van der Waals surface area contributed by atoms with Crippen LogP contribution in [0.4, 0.5) is 0 Å². The first-order valence-corrected chi connectivity index (χ1v) is 13.7. The number of hydrogen-bond donors (Lipinski definition) is 2. The third-order valence-corrected chi connectivity index (χ3v) is 10.5. The van der Waals surface area contributed by atoms with Crippen LogP contribution in [0.5, 0.6) is 0 Å². The Morgan fingerprint density at radius 3 is 1.71 bits per heavy atom. The van der Waals surface area contributed by atoms with E-state index >= 15 is 0 Å². The molecule has 31 heavy (non-hydrogen) atoms. The molecule has 0 fully saturated rings. The van der Waals surface area contributed by atoms with Crippen molar-refractivity contribution in [2.75, 3.05) is 13.1 Å². The molecule has 3 rings (SSSR count). The van der Waals surface area contributed by atoms with Crippen LogP contribution in [0.25, 0.3) is 0 Å². The molecule has 0 amide bonds. The van der Waals surface area contributed by atoms with E-state index in [-0.39, 0.29) is 15.1 Å². The summed E-state index contributed by atoms with van der Waals surface area (Å²) in [6, 6.07) is 22.1. The lowest BCUT2D eigenvalue weighted by Crippen LogP contribution is -2.38. The van der Waals surface area contributed by atoms with Crippen LogP contribution in [0.15, 0.2) is 101 Å². The first kappa shape index (κ1) is 23.3. The van der Waals surface area contributed by atoms with E-state index in [1.54, 1.807) is 30.3 Å². The SMILES string of the molecule is O=P(O)(c1ccccc1)N(CCNS(=O)(=O)c1ccccc1)S(=O)(=O)c1ccccc1. The number of rotatable bonds is 9. The van der Waals surface area contributed by atoms with Gasteiger partial charge in [0.25, 0.3) is 10.0 Å². The van der Waals surface area contributed by atoms with E-state index < -0.39 is 40.7 Å². The summed E-state index contributed by atoms with van der Waals surface area (Å²) in [6.07, 6.45) is 0. The highest BCUT2D eigenvalue weighted by molar-refractivity contribution is 7.95. The molecule has 0 spiro atoms. The maximum Gasteiger partial charge on any atom is 0.313 e. The fourth-order valence-electron chi connectivity index (χ4n) is 2.83. The van der Waals surface area contributed by atoms with Gasteiger partial charge >= 0.3 is 7.52 Å². The Morgan fingerprint density at radius 2 is 1.19 bits per heavy atom. The van der Waals surface area contributed by atoms with Crippen LogP contribution in [-0.4, -0.2) is 38.9 Å². The maximum atomic E-state index is 13.3. The van der Waals surface area contributed by atoms with Crippen LogP contribution >= 0.6 is 7.52 Å². The molecule has 0 saturated heterocycles. The molecular formula is C20H21N2O6PS2. The van der Waals surface area contributed by atoms with Gasteiger partial charge in [-0.15, -0.1) is 4.08 Å². The molecular weight excluding hydrogens is 459 g/mol. The summed E-state index contributed by atoms with van der Waals surface area (Å²) in [5.74, 6) is 0. The van der Waals surface area contributed by atoms with Gasteiger partial charge in [-0.25, -0.2) is 21.6 Å². The highest BCUT2D eigenvalue weighted by atomic mass is 32.2. The van der Waals surface area contributed by atoms with Crippen molar-refractivity contribution in [1.82, 2.24) is 8.80 Å². The Morgan fingerprint density at radius 1 is 0.742 bits per heavy atom. The van der Waals surface area contributed by atoms with E-state index in [1.165, 1.54) is 60.7 Å². The number of nitrogens with zero attached hydrogens (tertiary/aromatic N) is 1. The van der Waals surface area contributed by atoms with Gasteiger partial charge in [0, 0.05) is 13.1 Å². The van der Waals surface area contributed by atoms with Crippen molar-refractivity contribution in [1.29, 1.82) is 0 Å². The second-order valence-electron chi connectivity index (χ2n) is 6.45. The minimum Gasteiger partial charge on any atom is -0.329 e. The Kier molecular flexibility index (Phi) is 7.10. The molecule has 0 aliphatic carbocycles. The molecule has 0 bridgehead atoms. The molecule has 3 aromatic carbocycles. The summed E-state index contributed by atoms with van der Waals surface area (Å²) in [7, 11) is -12.9. The van der Waals surface area contributed by atoms with Gasteiger partial charge in [-0.1, -0.05) is 54.6 Å². The quantitative estimate of drug-likeness (QED) is 0.453. The molecule has 0 aromatic heterocycles. The van der Waals surface area contributed by atoms with Crippen molar-refractivity contribution in [3.05, 3.63) is 91.0 Å². The van der Waals surface area contributed by atoms with E-state index in [4.69, 9.17) is 0 Å². The molecule has 0 heterocycles. The Balaban J connectivity index is 1.93. The monoisotopic (exact) mass is 480 g/mol. The molecule has 8 nitrogen and oxygen atoms in total. The van der Waals surface area contributed by atoms with Gasteiger partial charge in [0.2, 0.25) is 10.0 Å². The summed E-state index contributed by atoms with van der Waals surface area (Å²) >= 11 is 0. The van der Waals surface area contributed by atoms with Gasteiger partial charge in [-0.05, 0) is 36.4 Å². The van der Waals surface area contributed by atoms with Crippen LogP contribution in [0, 0.1) is 0 Å². The zero-order valence-corrected chi connectivity index (χ0v) is 18.8. The molecule has 0 aliphatic heterocycles. The lowest BCUT2D eigenvalue weighted by molar-refractivity contribution is 0.424. The number of sulfonamides is 2. The summed E-state index contributed by atoms with van der Waals surface area (Å²) in [5, 5.41) is -0.0829. The lowest BCUT2D eigenvalue weighted by Gasteiger charge is -2.27. The van der Waals surface area contributed by atoms with Crippen LogP contribution in [0.1, 0.15) is 0 Å². The topological polar surface area (TPSA) is 121 Å². The van der Waals surface area contributed by atoms with Crippen molar-refractivity contribution < 1.29 is 26.3 Å². The molecule has 0 radical (unpaired) electrons. The van der Waals surface area contributed by atoms with Gasteiger partial charge in [-0.3, -0.25) is 4.57 Å². The van der Waals surface area contributed by atoms with Crippen molar-refractivity contribution in [3.8, 4) is 0 Å². The molecule has 164 valence electrons. The van der Waals surface area contributed by atoms with Crippen LogP contribution in [0.2, 0.25) is 0 Å². The van der Waals surface area contributed by atoms with Crippen molar-refractivity contribution in [2.24, 2.45) is 0 Å². The second kappa shape index (κ2) is 9.44. The smallest absolute Gasteiger partial charge is 0.313 e. The highest BCUT2D eigenvalue weighted by Gasteiger charge is 2.40. The minimum absolute atomic E-state index is 0.00251. The number of benzene rings is 3. The van der Waals surface area contributed by atoms with Gasteiger partial charge in [0.15, 0.2) is 0 Å². The molecule has 1 unspecified atom stereocenters. The third kappa shape index (κ3) is 5.30. The molecule has 2 N–H and O–H groups in total.